The van der Waals surface area contributed by atoms with E-state index < -0.39 is 5.97 Å². The highest BCUT2D eigenvalue weighted by molar-refractivity contribution is 5.86. The van der Waals surface area contributed by atoms with E-state index in [1.165, 1.54) is 0 Å². The van der Waals surface area contributed by atoms with Gasteiger partial charge in [0.15, 0.2) is 0 Å². The van der Waals surface area contributed by atoms with Crippen LogP contribution in [0.25, 0.3) is 0 Å². The van der Waals surface area contributed by atoms with Crippen LogP contribution < -0.4 is 10.9 Å². The van der Waals surface area contributed by atoms with Crippen LogP contribution >= 0.6 is 0 Å². The number of hydrogen-bond acceptors (Lipinski definition) is 3. The summed E-state index contributed by atoms with van der Waals surface area (Å²) in [6.07, 6.45) is 1.06. The normalized spacial score (nSPS) is 8.73. The highest BCUT2D eigenvalue weighted by Gasteiger charge is 1.95. The number of carboxylic acids is 1. The van der Waals surface area contributed by atoms with E-state index in [9.17, 15) is 9.59 Å². The molecule has 0 atom stereocenters. The van der Waals surface area contributed by atoms with Gasteiger partial charge in [-0.15, -0.1) is 0 Å². The topological polar surface area (TPSA) is 78.4 Å². The van der Waals surface area contributed by atoms with Crippen molar-refractivity contribution in [2.45, 2.75) is 6.42 Å². The van der Waals surface area contributed by atoms with E-state index in [4.69, 9.17) is 5.11 Å². The van der Waals surface area contributed by atoms with Crippen LogP contribution in [-0.4, -0.2) is 23.5 Å². The predicted molar refractivity (Wildman–Crippen MR) is 38.6 cm³/mol. The number of nitrogens with one attached hydrogen (secondary N) is 2. The van der Waals surface area contributed by atoms with Gasteiger partial charge in [0.05, 0.1) is 6.42 Å². The third-order valence-corrected chi connectivity index (χ3v) is 0.861. The van der Waals surface area contributed by atoms with Gasteiger partial charge in [-0.3, -0.25) is 15.0 Å². The van der Waals surface area contributed by atoms with E-state index in [1.807, 2.05) is 0 Å². The van der Waals surface area contributed by atoms with E-state index in [0.717, 1.165) is 6.08 Å². The number of hydrazine groups is 1. The molecule has 5 heteroatoms. The molecule has 0 aromatic heterocycles. The van der Waals surface area contributed by atoms with E-state index >= 15 is 0 Å². The fourth-order valence-corrected chi connectivity index (χ4v) is 0.370. The summed E-state index contributed by atoms with van der Waals surface area (Å²) in [4.78, 5) is 20.4. The summed E-state index contributed by atoms with van der Waals surface area (Å²) in [5, 5.41) is 8.16. The molecule has 11 heavy (non-hydrogen) atoms. The zero-order valence-corrected chi connectivity index (χ0v) is 5.96. The summed E-state index contributed by atoms with van der Waals surface area (Å²) < 4.78 is 0. The van der Waals surface area contributed by atoms with Crippen molar-refractivity contribution in [1.29, 1.82) is 0 Å². The molecule has 0 radical (unpaired) electrons. The zero-order valence-electron chi connectivity index (χ0n) is 5.96. The van der Waals surface area contributed by atoms with Crippen molar-refractivity contribution in [2.75, 3.05) is 6.54 Å². The summed E-state index contributed by atoms with van der Waals surface area (Å²) in [5.74, 6) is -1.29. The lowest BCUT2D eigenvalue weighted by Gasteiger charge is -2.01. The van der Waals surface area contributed by atoms with Crippen LogP contribution in [0.2, 0.25) is 0 Å². The Labute approximate surface area is 64.1 Å². The average Bonchev–Trinajstić information content (AvgIpc) is 1.97. The van der Waals surface area contributed by atoms with Gasteiger partial charge < -0.3 is 5.11 Å². The van der Waals surface area contributed by atoms with Crippen LogP contribution in [0, 0.1) is 0 Å². The summed E-state index contributed by atoms with van der Waals surface area (Å²) in [5.41, 5.74) is 4.63. The molecule has 1 amide bonds. The van der Waals surface area contributed by atoms with Gasteiger partial charge in [0.1, 0.15) is 0 Å². The monoisotopic (exact) mass is 158 g/mol. The molecule has 0 unspecified atom stereocenters. The molecular formula is C6H10N2O3. The molecule has 0 aromatic carbocycles. The predicted octanol–water partition coefficient (Wildman–Crippen LogP) is -0.732. The number of carbonyl (C=O) groups excluding carboxylic acids is 1. The van der Waals surface area contributed by atoms with Gasteiger partial charge in [0.25, 0.3) is 5.91 Å². The molecular weight excluding hydrogens is 148 g/mol. The molecule has 0 rings (SSSR count). The number of aliphatic carboxylic acids is 1. The highest BCUT2D eigenvalue weighted by Crippen LogP contribution is 1.72. The fraction of sp³-hybridized carbons (Fsp3) is 0.333. The minimum Gasteiger partial charge on any atom is -0.481 e. The number of rotatable bonds is 5. The van der Waals surface area contributed by atoms with Gasteiger partial charge in [-0.25, -0.2) is 5.43 Å². The van der Waals surface area contributed by atoms with Crippen LogP contribution in [0.5, 0.6) is 0 Å². The van der Waals surface area contributed by atoms with E-state index in [-0.39, 0.29) is 18.9 Å². The maximum atomic E-state index is 10.4. The Morgan fingerprint density at radius 1 is 1.55 bits per heavy atom. The van der Waals surface area contributed by atoms with Crippen molar-refractivity contribution in [3.8, 4) is 0 Å². The van der Waals surface area contributed by atoms with Crippen molar-refractivity contribution in [3.63, 3.8) is 0 Å². The van der Waals surface area contributed by atoms with E-state index in [0.29, 0.717) is 0 Å². The van der Waals surface area contributed by atoms with Crippen molar-refractivity contribution in [1.82, 2.24) is 10.9 Å². The molecule has 3 N–H and O–H groups in total. The Bertz CT molecular complexity index is 167. The maximum absolute atomic E-state index is 10.4. The second-order valence-electron chi connectivity index (χ2n) is 1.76. The van der Waals surface area contributed by atoms with Crippen LogP contribution in [0.4, 0.5) is 0 Å². The zero-order chi connectivity index (χ0) is 8.69. The molecule has 0 aromatic rings. The molecule has 5 nitrogen and oxygen atoms in total. The first kappa shape index (κ1) is 9.64. The van der Waals surface area contributed by atoms with Gasteiger partial charge in [0, 0.05) is 6.54 Å². The molecule has 0 heterocycles. The minimum absolute atomic E-state index is 0.0303. The van der Waals surface area contributed by atoms with Gasteiger partial charge in [0.2, 0.25) is 0 Å². The second-order valence-corrected chi connectivity index (χ2v) is 1.76. The van der Waals surface area contributed by atoms with Gasteiger partial charge >= 0.3 is 5.97 Å². The molecule has 0 spiro atoms. The Hall–Kier alpha value is -1.36. The third-order valence-electron chi connectivity index (χ3n) is 0.861. The Morgan fingerprint density at radius 2 is 2.18 bits per heavy atom. The van der Waals surface area contributed by atoms with Crippen LogP contribution in [0.15, 0.2) is 12.7 Å². The quantitative estimate of drug-likeness (QED) is 0.280. The first-order valence-electron chi connectivity index (χ1n) is 3.04. The summed E-state index contributed by atoms with van der Waals surface area (Å²) in [7, 11) is 0. The largest absolute Gasteiger partial charge is 0.481 e. The number of amides is 1. The maximum Gasteiger partial charge on any atom is 0.304 e. The Morgan fingerprint density at radius 3 is 2.64 bits per heavy atom. The highest BCUT2D eigenvalue weighted by atomic mass is 16.4. The van der Waals surface area contributed by atoms with Crippen molar-refractivity contribution in [2.24, 2.45) is 0 Å². The molecule has 0 fully saturated rings. The summed E-state index contributed by atoms with van der Waals surface area (Å²) in [6.45, 7) is 3.41. The van der Waals surface area contributed by atoms with E-state index in [1.54, 1.807) is 0 Å². The summed E-state index contributed by atoms with van der Waals surface area (Å²) >= 11 is 0. The number of carboxylic acid groups (broad SMARTS) is 1. The lowest BCUT2D eigenvalue weighted by Crippen LogP contribution is -2.37. The Balaban J connectivity index is 3.21. The fourth-order valence-electron chi connectivity index (χ4n) is 0.370. The minimum atomic E-state index is -0.912. The molecule has 0 bridgehead atoms. The SMILES string of the molecule is C=CC(=O)NNCCC(=O)O. The van der Waals surface area contributed by atoms with Crippen molar-refractivity contribution in [3.05, 3.63) is 12.7 Å². The van der Waals surface area contributed by atoms with Gasteiger partial charge in [-0.2, -0.15) is 0 Å². The number of hydrogen-bond donors (Lipinski definition) is 3. The molecule has 0 aliphatic carbocycles. The third kappa shape index (κ3) is 6.53. The molecule has 0 aliphatic rings. The van der Waals surface area contributed by atoms with Crippen LogP contribution in [0.3, 0.4) is 0 Å². The van der Waals surface area contributed by atoms with Crippen molar-refractivity contribution >= 4 is 11.9 Å². The first-order valence-corrected chi connectivity index (χ1v) is 3.04. The summed E-state index contributed by atoms with van der Waals surface area (Å²) in [6, 6.07) is 0. The molecule has 0 saturated carbocycles. The lowest BCUT2D eigenvalue weighted by atomic mass is 10.4. The Kier molecular flexibility index (Phi) is 4.76. The number of carbonyl (C=O) groups is 2. The van der Waals surface area contributed by atoms with Crippen LogP contribution in [0.1, 0.15) is 6.42 Å². The molecule has 62 valence electrons. The molecule has 0 saturated heterocycles. The second kappa shape index (κ2) is 5.43. The smallest absolute Gasteiger partial charge is 0.304 e. The first-order chi connectivity index (χ1) is 5.16. The van der Waals surface area contributed by atoms with Crippen molar-refractivity contribution < 1.29 is 14.7 Å². The lowest BCUT2D eigenvalue weighted by molar-refractivity contribution is -0.137. The van der Waals surface area contributed by atoms with Gasteiger partial charge in [-0.05, 0) is 6.08 Å². The average molecular weight is 158 g/mol. The van der Waals surface area contributed by atoms with Crippen LogP contribution in [-0.2, 0) is 9.59 Å². The van der Waals surface area contributed by atoms with E-state index in [2.05, 4.69) is 17.4 Å². The molecule has 0 aliphatic heterocycles. The van der Waals surface area contributed by atoms with Gasteiger partial charge in [-0.1, -0.05) is 6.58 Å². The standard InChI is InChI=1S/C6H10N2O3/c1-2-5(9)8-7-4-3-6(10)11/h2,7H,1,3-4H2,(H,8,9)(H,10,11).